The fourth-order valence-electron chi connectivity index (χ4n) is 2.98. The van der Waals surface area contributed by atoms with Crippen molar-refractivity contribution >= 4 is 16.7 Å². The molecule has 3 rings (SSSR count). The van der Waals surface area contributed by atoms with Crippen LogP contribution < -0.4 is 0 Å². The second-order valence-corrected chi connectivity index (χ2v) is 5.41. The molecule has 0 saturated carbocycles. The van der Waals surface area contributed by atoms with Crippen LogP contribution in [0, 0.1) is 0 Å². The third kappa shape index (κ3) is 2.38. The summed E-state index contributed by atoms with van der Waals surface area (Å²) in [6.07, 6.45) is 2.77. The number of carbonyl (C=O) groups excluding carboxylic acids is 1. The molecule has 0 bridgehead atoms. The minimum Gasteiger partial charge on any atom is -0.350 e. The zero-order chi connectivity index (χ0) is 14.8. The Kier molecular flexibility index (Phi) is 3.61. The van der Waals surface area contributed by atoms with Crippen LogP contribution in [0.2, 0.25) is 0 Å². The van der Waals surface area contributed by atoms with E-state index in [9.17, 15) is 4.79 Å². The Labute approximate surface area is 125 Å². The molecule has 0 spiro atoms. The number of aromatic nitrogens is 1. The molecule has 0 amide bonds. The average Bonchev–Trinajstić information content (AvgIpc) is 2.87. The molecular formula is C19H19NO. The molecule has 0 fully saturated rings. The highest BCUT2D eigenvalue weighted by Gasteiger charge is 2.23. The molecule has 106 valence electrons. The predicted molar refractivity (Wildman–Crippen MR) is 86.7 cm³/mol. The highest BCUT2D eigenvalue weighted by Crippen LogP contribution is 2.29. The number of ketones is 1. The standard InChI is InChI=1S/C19H19NO/c1-3-15(14-9-5-4-6-10-14)19(21)17-13-20(2)18-12-8-7-11-16(17)18/h4-13,15H,3H2,1-2H3. The van der Waals surface area contributed by atoms with Crippen molar-refractivity contribution in [2.75, 3.05) is 0 Å². The summed E-state index contributed by atoms with van der Waals surface area (Å²) in [4.78, 5) is 13.0. The minimum absolute atomic E-state index is 0.0722. The van der Waals surface area contributed by atoms with Gasteiger partial charge in [0.2, 0.25) is 0 Å². The number of hydrogen-bond acceptors (Lipinski definition) is 1. The Balaban J connectivity index is 2.07. The summed E-state index contributed by atoms with van der Waals surface area (Å²) >= 11 is 0. The lowest BCUT2D eigenvalue weighted by atomic mass is 9.88. The number of hydrogen-bond donors (Lipinski definition) is 0. The van der Waals surface area contributed by atoms with Gasteiger partial charge >= 0.3 is 0 Å². The van der Waals surface area contributed by atoms with E-state index in [4.69, 9.17) is 0 Å². The summed E-state index contributed by atoms with van der Waals surface area (Å²) in [5.41, 5.74) is 3.02. The van der Waals surface area contributed by atoms with Gasteiger partial charge in [0.25, 0.3) is 0 Å². The normalized spacial score (nSPS) is 12.5. The molecular weight excluding hydrogens is 258 g/mol. The zero-order valence-corrected chi connectivity index (χ0v) is 12.4. The zero-order valence-electron chi connectivity index (χ0n) is 12.4. The average molecular weight is 277 g/mol. The van der Waals surface area contributed by atoms with Crippen LogP contribution in [0.25, 0.3) is 10.9 Å². The number of nitrogens with zero attached hydrogens (tertiary/aromatic N) is 1. The van der Waals surface area contributed by atoms with Crippen molar-refractivity contribution in [1.29, 1.82) is 0 Å². The molecule has 0 saturated heterocycles. The van der Waals surface area contributed by atoms with Crippen molar-refractivity contribution in [2.24, 2.45) is 7.05 Å². The van der Waals surface area contributed by atoms with Crippen molar-refractivity contribution in [3.8, 4) is 0 Å². The van der Waals surface area contributed by atoms with E-state index >= 15 is 0 Å². The molecule has 2 heteroatoms. The number of para-hydroxylation sites is 1. The van der Waals surface area contributed by atoms with E-state index in [-0.39, 0.29) is 11.7 Å². The molecule has 21 heavy (non-hydrogen) atoms. The van der Waals surface area contributed by atoms with E-state index in [1.54, 1.807) is 0 Å². The van der Waals surface area contributed by atoms with Gasteiger partial charge in [-0.3, -0.25) is 4.79 Å². The van der Waals surface area contributed by atoms with Gasteiger partial charge in [0, 0.05) is 35.6 Å². The molecule has 1 aromatic heterocycles. The fourth-order valence-corrected chi connectivity index (χ4v) is 2.98. The fraction of sp³-hybridized carbons (Fsp3) is 0.211. The van der Waals surface area contributed by atoms with Gasteiger partial charge in [-0.05, 0) is 18.1 Å². The van der Waals surface area contributed by atoms with Crippen LogP contribution in [-0.4, -0.2) is 10.4 Å². The van der Waals surface area contributed by atoms with Crippen molar-refractivity contribution < 1.29 is 4.79 Å². The summed E-state index contributed by atoms with van der Waals surface area (Å²) in [6.45, 7) is 2.07. The second kappa shape index (κ2) is 5.57. The summed E-state index contributed by atoms with van der Waals surface area (Å²) in [6, 6.07) is 18.1. The Morgan fingerprint density at radius 2 is 1.71 bits per heavy atom. The molecule has 0 aliphatic carbocycles. The van der Waals surface area contributed by atoms with Crippen LogP contribution >= 0.6 is 0 Å². The molecule has 2 aromatic carbocycles. The summed E-state index contributed by atoms with van der Waals surface area (Å²) in [5, 5.41) is 1.04. The van der Waals surface area contributed by atoms with Gasteiger partial charge in [0.1, 0.15) is 0 Å². The summed E-state index contributed by atoms with van der Waals surface area (Å²) < 4.78 is 2.03. The molecule has 3 aromatic rings. The smallest absolute Gasteiger partial charge is 0.172 e. The third-order valence-corrected chi connectivity index (χ3v) is 4.09. The van der Waals surface area contributed by atoms with E-state index in [0.717, 1.165) is 28.5 Å². The molecule has 0 radical (unpaired) electrons. The van der Waals surface area contributed by atoms with Crippen LogP contribution in [-0.2, 0) is 7.05 Å². The van der Waals surface area contributed by atoms with Gasteiger partial charge in [0.05, 0.1) is 0 Å². The molecule has 0 aliphatic heterocycles. The third-order valence-electron chi connectivity index (χ3n) is 4.09. The Morgan fingerprint density at radius 1 is 1.05 bits per heavy atom. The quantitative estimate of drug-likeness (QED) is 0.641. The number of fused-ring (bicyclic) bond motifs is 1. The number of carbonyl (C=O) groups is 1. The number of rotatable bonds is 4. The minimum atomic E-state index is -0.0722. The van der Waals surface area contributed by atoms with Gasteiger partial charge in [-0.2, -0.15) is 0 Å². The highest BCUT2D eigenvalue weighted by molar-refractivity contribution is 6.10. The van der Waals surface area contributed by atoms with Crippen molar-refractivity contribution in [3.05, 3.63) is 71.9 Å². The van der Waals surface area contributed by atoms with E-state index in [1.165, 1.54) is 0 Å². The summed E-state index contributed by atoms with van der Waals surface area (Å²) in [7, 11) is 1.99. The predicted octanol–water partition coefficient (Wildman–Crippen LogP) is 4.55. The Morgan fingerprint density at radius 3 is 2.43 bits per heavy atom. The van der Waals surface area contributed by atoms with Gasteiger partial charge in [-0.15, -0.1) is 0 Å². The molecule has 1 unspecified atom stereocenters. The number of Topliss-reactive ketones (excluding diaryl/α,β-unsaturated/α-hetero) is 1. The largest absolute Gasteiger partial charge is 0.350 e. The maximum Gasteiger partial charge on any atom is 0.172 e. The molecule has 0 N–H and O–H groups in total. The van der Waals surface area contributed by atoms with E-state index in [0.29, 0.717) is 0 Å². The second-order valence-electron chi connectivity index (χ2n) is 5.41. The topological polar surface area (TPSA) is 22.0 Å². The first-order chi connectivity index (χ1) is 10.2. The van der Waals surface area contributed by atoms with Crippen LogP contribution in [0.15, 0.2) is 60.8 Å². The lowest BCUT2D eigenvalue weighted by Gasteiger charge is -2.13. The van der Waals surface area contributed by atoms with Crippen LogP contribution in [0.4, 0.5) is 0 Å². The van der Waals surface area contributed by atoms with Gasteiger partial charge in [-0.25, -0.2) is 0 Å². The van der Waals surface area contributed by atoms with Crippen molar-refractivity contribution in [3.63, 3.8) is 0 Å². The lowest BCUT2D eigenvalue weighted by molar-refractivity contribution is 0.0959. The highest BCUT2D eigenvalue weighted by atomic mass is 16.1. The van der Waals surface area contributed by atoms with Gasteiger partial charge < -0.3 is 4.57 Å². The molecule has 1 atom stereocenters. The lowest BCUT2D eigenvalue weighted by Crippen LogP contribution is -2.11. The van der Waals surface area contributed by atoms with E-state index in [1.807, 2.05) is 66.3 Å². The first-order valence-electron chi connectivity index (χ1n) is 7.35. The van der Waals surface area contributed by atoms with Gasteiger partial charge in [-0.1, -0.05) is 55.5 Å². The Bertz CT molecular complexity index is 771. The maximum absolute atomic E-state index is 13.0. The van der Waals surface area contributed by atoms with Crippen LogP contribution in [0.3, 0.4) is 0 Å². The Hall–Kier alpha value is -2.35. The monoisotopic (exact) mass is 277 g/mol. The van der Waals surface area contributed by atoms with Gasteiger partial charge in [0.15, 0.2) is 5.78 Å². The molecule has 0 aliphatic rings. The number of aryl methyl sites for hydroxylation is 1. The van der Waals surface area contributed by atoms with E-state index in [2.05, 4.69) is 13.0 Å². The first-order valence-corrected chi connectivity index (χ1v) is 7.35. The molecule has 1 heterocycles. The first kappa shape index (κ1) is 13.6. The van der Waals surface area contributed by atoms with E-state index < -0.39 is 0 Å². The van der Waals surface area contributed by atoms with Crippen LogP contribution in [0.1, 0.15) is 35.2 Å². The van der Waals surface area contributed by atoms with Crippen molar-refractivity contribution in [1.82, 2.24) is 4.57 Å². The summed E-state index contributed by atoms with van der Waals surface area (Å²) in [5.74, 6) is 0.137. The van der Waals surface area contributed by atoms with Crippen LogP contribution in [0.5, 0.6) is 0 Å². The van der Waals surface area contributed by atoms with Crippen molar-refractivity contribution in [2.45, 2.75) is 19.3 Å². The number of benzene rings is 2. The maximum atomic E-state index is 13.0. The molecule has 2 nitrogen and oxygen atoms in total. The SMILES string of the molecule is CCC(C(=O)c1cn(C)c2ccccc12)c1ccccc1.